The number of rotatable bonds is 2. The van der Waals surface area contributed by atoms with Crippen molar-refractivity contribution < 1.29 is 5.11 Å². The van der Waals surface area contributed by atoms with E-state index in [0.29, 0.717) is 0 Å². The van der Waals surface area contributed by atoms with E-state index < -0.39 is 0 Å². The summed E-state index contributed by atoms with van der Waals surface area (Å²) in [5.74, 6) is 0. The van der Waals surface area contributed by atoms with Crippen LogP contribution in [-0.4, -0.2) is 17.3 Å². The van der Waals surface area contributed by atoms with Crippen LogP contribution in [0.3, 0.4) is 0 Å². The minimum absolute atomic E-state index is 0.172. The fourth-order valence-corrected chi connectivity index (χ4v) is 2.23. The van der Waals surface area contributed by atoms with Crippen LogP contribution in [0.2, 0.25) is 0 Å². The highest BCUT2D eigenvalue weighted by Crippen LogP contribution is 2.23. The summed E-state index contributed by atoms with van der Waals surface area (Å²) in [6, 6.07) is 8.52. The fraction of sp³-hybridized carbons (Fsp3) is 0.455. The van der Waals surface area contributed by atoms with Crippen molar-refractivity contribution in [2.75, 3.05) is 5.32 Å². The van der Waals surface area contributed by atoms with Crippen molar-refractivity contribution in [1.82, 2.24) is 0 Å². The van der Waals surface area contributed by atoms with Gasteiger partial charge in [0.2, 0.25) is 0 Å². The molecule has 14 heavy (non-hydrogen) atoms. The second-order valence-corrected chi connectivity index (χ2v) is 5.00. The van der Waals surface area contributed by atoms with Crippen molar-refractivity contribution in [2.45, 2.75) is 31.4 Å². The largest absolute Gasteiger partial charge is 0.391 e. The van der Waals surface area contributed by atoms with Crippen LogP contribution in [-0.2, 0) is 0 Å². The van der Waals surface area contributed by atoms with Crippen LogP contribution in [0.25, 0.3) is 0 Å². The molecular weight excluding hydrogens is 289 g/mol. The number of hydrogen-bond acceptors (Lipinski definition) is 2. The SMILES string of the molecule is O[C@@H]1CCC[C@H]1Nc1ccc(I)cc1. The molecule has 0 unspecified atom stereocenters. The van der Waals surface area contributed by atoms with Gasteiger partial charge in [0.25, 0.3) is 0 Å². The first-order valence-electron chi connectivity index (χ1n) is 4.96. The third kappa shape index (κ3) is 2.39. The Morgan fingerprint density at radius 1 is 1.21 bits per heavy atom. The molecule has 1 aromatic rings. The lowest BCUT2D eigenvalue weighted by Gasteiger charge is -2.17. The van der Waals surface area contributed by atoms with Crippen LogP contribution in [0.5, 0.6) is 0 Å². The quantitative estimate of drug-likeness (QED) is 0.823. The zero-order valence-corrected chi connectivity index (χ0v) is 10.1. The van der Waals surface area contributed by atoms with Gasteiger partial charge in [-0.3, -0.25) is 0 Å². The van der Waals surface area contributed by atoms with E-state index in [0.717, 1.165) is 24.9 Å². The average molecular weight is 303 g/mol. The summed E-state index contributed by atoms with van der Waals surface area (Å²) in [7, 11) is 0. The Balaban J connectivity index is 2.00. The Labute approximate surface area is 97.9 Å². The molecule has 1 aliphatic carbocycles. The monoisotopic (exact) mass is 303 g/mol. The van der Waals surface area contributed by atoms with E-state index in [1.165, 1.54) is 3.57 Å². The minimum atomic E-state index is -0.172. The fourth-order valence-electron chi connectivity index (χ4n) is 1.87. The van der Waals surface area contributed by atoms with Gasteiger partial charge in [0.05, 0.1) is 12.1 Å². The molecule has 1 saturated carbocycles. The molecular formula is C11H14INO. The first kappa shape index (κ1) is 10.2. The molecule has 2 atom stereocenters. The molecule has 76 valence electrons. The Bertz CT molecular complexity index is 299. The van der Waals surface area contributed by atoms with Crippen molar-refractivity contribution in [1.29, 1.82) is 0 Å². The van der Waals surface area contributed by atoms with Crippen LogP contribution in [0.4, 0.5) is 5.69 Å². The molecule has 1 fully saturated rings. The van der Waals surface area contributed by atoms with Gasteiger partial charge in [-0.2, -0.15) is 0 Å². The third-order valence-electron chi connectivity index (χ3n) is 2.68. The van der Waals surface area contributed by atoms with Gasteiger partial charge >= 0.3 is 0 Å². The molecule has 0 aliphatic heterocycles. The first-order valence-corrected chi connectivity index (χ1v) is 6.04. The topological polar surface area (TPSA) is 32.3 Å². The molecule has 2 N–H and O–H groups in total. The molecule has 0 aromatic heterocycles. The van der Waals surface area contributed by atoms with Crippen molar-refractivity contribution in [3.05, 3.63) is 27.8 Å². The zero-order chi connectivity index (χ0) is 9.97. The highest BCUT2D eigenvalue weighted by atomic mass is 127. The van der Waals surface area contributed by atoms with E-state index in [9.17, 15) is 5.11 Å². The molecule has 1 aromatic carbocycles. The van der Waals surface area contributed by atoms with Gasteiger partial charge < -0.3 is 10.4 Å². The van der Waals surface area contributed by atoms with Gasteiger partial charge in [-0.1, -0.05) is 0 Å². The number of nitrogens with one attached hydrogen (secondary N) is 1. The molecule has 2 rings (SSSR count). The molecule has 0 bridgehead atoms. The minimum Gasteiger partial charge on any atom is -0.391 e. The standard InChI is InChI=1S/C11H14INO/c12-8-4-6-9(7-5-8)13-10-2-1-3-11(10)14/h4-7,10-11,13-14H,1-3H2/t10-,11-/m1/s1. The van der Waals surface area contributed by atoms with Crippen LogP contribution in [0.15, 0.2) is 24.3 Å². The maximum atomic E-state index is 9.64. The van der Waals surface area contributed by atoms with Crippen molar-refractivity contribution >= 4 is 28.3 Å². The number of aliphatic hydroxyl groups excluding tert-OH is 1. The Morgan fingerprint density at radius 3 is 2.50 bits per heavy atom. The maximum Gasteiger partial charge on any atom is 0.0741 e. The highest BCUT2D eigenvalue weighted by molar-refractivity contribution is 14.1. The summed E-state index contributed by atoms with van der Waals surface area (Å²) < 4.78 is 1.24. The normalized spacial score (nSPS) is 26.4. The van der Waals surface area contributed by atoms with Gasteiger partial charge in [0, 0.05) is 9.26 Å². The van der Waals surface area contributed by atoms with Crippen LogP contribution < -0.4 is 5.32 Å². The zero-order valence-electron chi connectivity index (χ0n) is 7.91. The molecule has 2 nitrogen and oxygen atoms in total. The van der Waals surface area contributed by atoms with E-state index in [2.05, 4.69) is 52.2 Å². The average Bonchev–Trinajstić information content (AvgIpc) is 2.56. The number of benzene rings is 1. The molecule has 3 heteroatoms. The second kappa shape index (κ2) is 4.49. The predicted octanol–water partition coefficient (Wildman–Crippen LogP) is 2.62. The molecule has 0 saturated heterocycles. The van der Waals surface area contributed by atoms with E-state index >= 15 is 0 Å². The Morgan fingerprint density at radius 2 is 1.93 bits per heavy atom. The third-order valence-corrected chi connectivity index (χ3v) is 3.39. The summed E-state index contributed by atoms with van der Waals surface area (Å²) in [6.07, 6.45) is 2.97. The molecule has 0 amide bonds. The van der Waals surface area contributed by atoms with E-state index in [4.69, 9.17) is 0 Å². The van der Waals surface area contributed by atoms with Crippen LogP contribution in [0.1, 0.15) is 19.3 Å². The van der Waals surface area contributed by atoms with Gasteiger partial charge in [0.15, 0.2) is 0 Å². The van der Waals surface area contributed by atoms with Gasteiger partial charge in [-0.05, 0) is 66.1 Å². The summed E-state index contributed by atoms with van der Waals surface area (Å²) in [5.41, 5.74) is 1.11. The van der Waals surface area contributed by atoms with Gasteiger partial charge in [0.1, 0.15) is 0 Å². The summed E-state index contributed by atoms with van der Waals surface area (Å²) in [6.45, 7) is 0. The molecule has 0 spiro atoms. The van der Waals surface area contributed by atoms with E-state index in [-0.39, 0.29) is 12.1 Å². The first-order chi connectivity index (χ1) is 6.75. The highest BCUT2D eigenvalue weighted by Gasteiger charge is 2.24. The van der Waals surface area contributed by atoms with Crippen molar-refractivity contribution in [2.24, 2.45) is 0 Å². The summed E-state index contributed by atoms with van der Waals surface area (Å²) in [4.78, 5) is 0. The lowest BCUT2D eigenvalue weighted by atomic mass is 10.2. The number of hydrogen-bond donors (Lipinski definition) is 2. The molecule has 0 radical (unpaired) electrons. The molecule has 1 aliphatic rings. The van der Waals surface area contributed by atoms with E-state index in [1.54, 1.807) is 0 Å². The van der Waals surface area contributed by atoms with Gasteiger partial charge in [-0.15, -0.1) is 0 Å². The predicted molar refractivity (Wildman–Crippen MR) is 66.4 cm³/mol. The summed E-state index contributed by atoms with van der Waals surface area (Å²) >= 11 is 2.29. The number of anilines is 1. The Kier molecular flexibility index (Phi) is 3.28. The number of aliphatic hydroxyl groups is 1. The van der Waals surface area contributed by atoms with Crippen molar-refractivity contribution in [3.63, 3.8) is 0 Å². The lowest BCUT2D eigenvalue weighted by Crippen LogP contribution is -2.27. The number of halogens is 1. The Hall–Kier alpha value is -0.290. The lowest BCUT2D eigenvalue weighted by molar-refractivity contribution is 0.172. The second-order valence-electron chi connectivity index (χ2n) is 3.76. The smallest absolute Gasteiger partial charge is 0.0741 e. The van der Waals surface area contributed by atoms with E-state index in [1.807, 2.05) is 0 Å². The van der Waals surface area contributed by atoms with Crippen molar-refractivity contribution in [3.8, 4) is 0 Å². The summed E-state index contributed by atoms with van der Waals surface area (Å²) in [5, 5.41) is 13.0. The van der Waals surface area contributed by atoms with Crippen LogP contribution in [0, 0.1) is 3.57 Å². The maximum absolute atomic E-state index is 9.64. The van der Waals surface area contributed by atoms with Gasteiger partial charge in [-0.25, -0.2) is 0 Å². The van der Waals surface area contributed by atoms with Crippen LogP contribution >= 0.6 is 22.6 Å². The molecule has 0 heterocycles.